The third kappa shape index (κ3) is 4.25. The predicted molar refractivity (Wildman–Crippen MR) is 147 cm³/mol. The first kappa shape index (κ1) is 22.1. The molecule has 0 radical (unpaired) electrons. The van der Waals surface area contributed by atoms with Gasteiger partial charge in [-0.3, -0.25) is 4.79 Å². The van der Waals surface area contributed by atoms with E-state index in [1.54, 1.807) is 0 Å². The van der Waals surface area contributed by atoms with Gasteiger partial charge in [0.2, 0.25) is 0 Å². The van der Waals surface area contributed by atoms with Gasteiger partial charge in [-0.05, 0) is 71.5 Å². The lowest BCUT2D eigenvalue weighted by atomic mass is 10.0. The van der Waals surface area contributed by atoms with Crippen molar-refractivity contribution in [3.05, 3.63) is 133 Å². The summed E-state index contributed by atoms with van der Waals surface area (Å²) in [5.74, 6) is 0.308. The molecule has 6 rings (SSSR count). The van der Waals surface area contributed by atoms with Crippen LogP contribution in [0.15, 0.2) is 122 Å². The summed E-state index contributed by atoms with van der Waals surface area (Å²) >= 11 is 0. The Morgan fingerprint density at radius 3 is 1.39 bits per heavy atom. The van der Waals surface area contributed by atoms with Gasteiger partial charge in [0.25, 0.3) is 0 Å². The number of ketones is 1. The third-order valence-electron chi connectivity index (χ3n) is 7.00. The van der Waals surface area contributed by atoms with Gasteiger partial charge in [0.1, 0.15) is 5.78 Å². The number of hydrogen-bond donors (Lipinski definition) is 0. The Morgan fingerprint density at radius 1 is 0.528 bits per heavy atom. The molecule has 0 N–H and O–H groups in total. The maximum atomic E-state index is 13.0. The largest absolute Gasteiger partial charge is 0.316 e. The van der Waals surface area contributed by atoms with Gasteiger partial charge in [-0.25, -0.2) is 0 Å². The molecule has 0 bridgehead atoms. The predicted octanol–water partition coefficient (Wildman–Crippen LogP) is 7.66. The van der Waals surface area contributed by atoms with Gasteiger partial charge < -0.3 is 8.80 Å². The van der Waals surface area contributed by atoms with Crippen LogP contribution in [0.2, 0.25) is 0 Å². The van der Waals surface area contributed by atoms with Crippen molar-refractivity contribution >= 4 is 16.8 Å². The van der Waals surface area contributed by atoms with Crippen molar-refractivity contribution in [2.45, 2.75) is 25.7 Å². The smallest absolute Gasteiger partial charge is 0.133 e. The fraction of sp³-hybridized carbons (Fsp3) is 0.121. The van der Waals surface area contributed by atoms with E-state index in [1.807, 2.05) is 12.1 Å². The molecule has 4 aromatic heterocycles. The van der Waals surface area contributed by atoms with Crippen LogP contribution < -0.4 is 0 Å². The molecule has 3 heteroatoms. The van der Waals surface area contributed by atoms with Crippen molar-refractivity contribution in [3.63, 3.8) is 0 Å². The Hall–Kier alpha value is -4.37. The second-order valence-corrected chi connectivity index (χ2v) is 9.29. The first-order valence-electron chi connectivity index (χ1n) is 12.6. The Bertz CT molecular complexity index is 1520. The van der Waals surface area contributed by atoms with Crippen molar-refractivity contribution in [2.24, 2.45) is 0 Å². The number of carbonyl (C=O) groups excluding carboxylic acids is 1. The lowest BCUT2D eigenvalue weighted by Crippen LogP contribution is -2.02. The minimum Gasteiger partial charge on any atom is -0.316 e. The van der Waals surface area contributed by atoms with Gasteiger partial charge in [-0.15, -0.1) is 0 Å². The topological polar surface area (TPSA) is 25.9 Å². The van der Waals surface area contributed by atoms with E-state index in [9.17, 15) is 4.79 Å². The van der Waals surface area contributed by atoms with E-state index in [4.69, 9.17) is 0 Å². The van der Waals surface area contributed by atoms with E-state index < -0.39 is 0 Å². The molecule has 0 spiro atoms. The standard InChI is InChI=1S/C33H28N2O/c36-29(19-17-27-23-32(25-11-3-1-4-12-25)34-21-9-7-15-30(27)34)20-18-28-24-33(26-13-5-2-6-14-26)35-22-10-8-16-31(28)35/h1-16,21-24H,17-20H2. The van der Waals surface area contributed by atoms with Gasteiger partial charge in [-0.1, -0.05) is 72.8 Å². The molecular weight excluding hydrogens is 440 g/mol. The third-order valence-corrected chi connectivity index (χ3v) is 7.00. The number of pyridine rings is 2. The number of benzene rings is 2. The molecule has 176 valence electrons. The SMILES string of the molecule is O=C(CCc1cc(-c2ccccc2)n2ccccc12)CCc1cc(-c2ccccc2)n2ccccc12. The molecule has 0 aliphatic carbocycles. The zero-order valence-electron chi connectivity index (χ0n) is 20.2. The first-order valence-corrected chi connectivity index (χ1v) is 12.6. The Balaban J connectivity index is 1.18. The minimum atomic E-state index is 0.308. The van der Waals surface area contributed by atoms with Crippen LogP contribution in [0.1, 0.15) is 24.0 Å². The second-order valence-electron chi connectivity index (χ2n) is 9.29. The van der Waals surface area contributed by atoms with Crippen LogP contribution >= 0.6 is 0 Å². The van der Waals surface area contributed by atoms with Crippen molar-refractivity contribution in [1.82, 2.24) is 8.80 Å². The summed E-state index contributed by atoms with van der Waals surface area (Å²) in [6.45, 7) is 0. The van der Waals surface area contributed by atoms with Gasteiger partial charge >= 0.3 is 0 Å². The molecule has 0 aliphatic heterocycles. The molecule has 0 aliphatic rings. The summed E-state index contributed by atoms with van der Waals surface area (Å²) in [7, 11) is 0. The van der Waals surface area contributed by atoms with E-state index in [2.05, 4.69) is 118 Å². The summed E-state index contributed by atoms with van der Waals surface area (Å²) in [6, 6.07) is 37.9. The van der Waals surface area contributed by atoms with Crippen LogP contribution in [0.4, 0.5) is 0 Å². The Labute approximate surface area is 211 Å². The second kappa shape index (κ2) is 9.71. The van der Waals surface area contributed by atoms with Gasteiger partial charge in [-0.2, -0.15) is 0 Å². The van der Waals surface area contributed by atoms with Crippen LogP contribution in [0.3, 0.4) is 0 Å². The number of fused-ring (bicyclic) bond motifs is 2. The van der Waals surface area contributed by atoms with E-state index >= 15 is 0 Å². The number of hydrogen-bond acceptors (Lipinski definition) is 1. The highest BCUT2D eigenvalue weighted by atomic mass is 16.1. The van der Waals surface area contributed by atoms with Crippen molar-refractivity contribution in [2.75, 3.05) is 0 Å². The summed E-state index contributed by atoms with van der Waals surface area (Å²) in [5, 5.41) is 0. The normalized spacial score (nSPS) is 11.3. The highest BCUT2D eigenvalue weighted by Crippen LogP contribution is 2.29. The average molecular weight is 469 g/mol. The van der Waals surface area contributed by atoms with E-state index in [1.165, 1.54) is 44.7 Å². The van der Waals surface area contributed by atoms with E-state index in [0.29, 0.717) is 18.6 Å². The zero-order valence-corrected chi connectivity index (χ0v) is 20.2. The molecule has 0 saturated carbocycles. The fourth-order valence-electron chi connectivity index (χ4n) is 5.18. The first-order chi connectivity index (χ1) is 17.8. The van der Waals surface area contributed by atoms with Crippen molar-refractivity contribution < 1.29 is 4.79 Å². The van der Waals surface area contributed by atoms with Crippen molar-refractivity contribution in [3.8, 4) is 22.5 Å². The number of nitrogens with zero attached hydrogens (tertiary/aromatic N) is 2. The number of aromatic nitrogens is 2. The molecule has 6 aromatic rings. The minimum absolute atomic E-state index is 0.308. The Kier molecular flexibility index (Phi) is 5.96. The highest BCUT2D eigenvalue weighted by molar-refractivity contribution is 5.81. The summed E-state index contributed by atoms with van der Waals surface area (Å²) in [6.07, 6.45) is 6.83. The lowest BCUT2D eigenvalue weighted by Gasteiger charge is -2.03. The fourth-order valence-corrected chi connectivity index (χ4v) is 5.18. The molecule has 0 atom stereocenters. The molecule has 4 heterocycles. The molecular formula is C33H28N2O. The average Bonchev–Trinajstić information content (AvgIpc) is 3.50. The molecule has 0 unspecified atom stereocenters. The van der Waals surface area contributed by atoms with Crippen LogP contribution in [-0.4, -0.2) is 14.6 Å². The zero-order chi connectivity index (χ0) is 24.3. The van der Waals surface area contributed by atoms with E-state index in [-0.39, 0.29) is 0 Å². The number of rotatable bonds is 8. The number of aryl methyl sites for hydroxylation is 2. The monoisotopic (exact) mass is 468 g/mol. The molecule has 3 nitrogen and oxygen atoms in total. The Morgan fingerprint density at radius 2 is 0.944 bits per heavy atom. The molecule has 36 heavy (non-hydrogen) atoms. The van der Waals surface area contributed by atoms with E-state index in [0.717, 1.165) is 12.8 Å². The van der Waals surface area contributed by atoms with Crippen LogP contribution in [-0.2, 0) is 17.6 Å². The molecule has 0 fully saturated rings. The van der Waals surface area contributed by atoms with Crippen LogP contribution in [0, 0.1) is 0 Å². The lowest BCUT2D eigenvalue weighted by molar-refractivity contribution is -0.119. The maximum Gasteiger partial charge on any atom is 0.133 e. The van der Waals surface area contributed by atoms with Gasteiger partial charge in [0.15, 0.2) is 0 Å². The van der Waals surface area contributed by atoms with Gasteiger partial charge in [0.05, 0.1) is 11.4 Å². The van der Waals surface area contributed by atoms with Gasteiger partial charge in [0, 0.05) is 36.3 Å². The number of carbonyl (C=O) groups is 1. The maximum absolute atomic E-state index is 13.0. The highest BCUT2D eigenvalue weighted by Gasteiger charge is 2.14. The molecule has 0 saturated heterocycles. The summed E-state index contributed by atoms with van der Waals surface area (Å²) in [5.41, 5.74) is 9.51. The number of Topliss-reactive ketones (excluding diaryl/α,β-unsaturated/α-hetero) is 1. The van der Waals surface area contributed by atoms with Crippen molar-refractivity contribution in [1.29, 1.82) is 0 Å². The summed E-state index contributed by atoms with van der Waals surface area (Å²) in [4.78, 5) is 13.0. The quantitative estimate of drug-likeness (QED) is 0.225. The van der Waals surface area contributed by atoms with Crippen LogP contribution in [0.5, 0.6) is 0 Å². The molecule has 0 amide bonds. The summed E-state index contributed by atoms with van der Waals surface area (Å²) < 4.78 is 4.46. The molecule has 2 aromatic carbocycles. The van der Waals surface area contributed by atoms with Crippen LogP contribution in [0.25, 0.3) is 33.5 Å².